The average molecular weight is 330 g/mol. The van der Waals surface area contributed by atoms with E-state index in [9.17, 15) is 4.39 Å². The van der Waals surface area contributed by atoms with Gasteiger partial charge in [0.15, 0.2) is 0 Å². The molecular weight excluding hydrogens is 315 g/mol. The first-order chi connectivity index (χ1) is 11.3. The van der Waals surface area contributed by atoms with E-state index in [2.05, 4.69) is 9.97 Å². The summed E-state index contributed by atoms with van der Waals surface area (Å²) in [6, 6.07) is 4.40. The van der Waals surface area contributed by atoms with Crippen molar-refractivity contribution in [2.45, 2.75) is 25.9 Å². The number of hydrogen-bond donors (Lipinski definition) is 0. The minimum Gasteiger partial charge on any atom is -0.496 e. The van der Waals surface area contributed by atoms with Crippen molar-refractivity contribution in [3.8, 4) is 11.6 Å². The zero-order valence-corrected chi connectivity index (χ0v) is 13.5. The van der Waals surface area contributed by atoms with Crippen LogP contribution in [0.5, 0.6) is 11.6 Å². The lowest BCUT2D eigenvalue weighted by Crippen LogP contribution is -2.01. The smallest absolute Gasteiger partial charge is 0.225 e. The molecular formula is C17H15FN2O2S. The third-order valence-corrected chi connectivity index (χ3v) is 5.27. The molecule has 0 atom stereocenters. The molecule has 0 radical (unpaired) electrons. The molecule has 0 spiro atoms. The van der Waals surface area contributed by atoms with Gasteiger partial charge in [0.25, 0.3) is 0 Å². The van der Waals surface area contributed by atoms with Gasteiger partial charge in [-0.15, -0.1) is 11.3 Å². The largest absolute Gasteiger partial charge is 0.496 e. The normalized spacial score (nSPS) is 13.3. The number of aryl methyl sites for hydroxylation is 2. The Hall–Kier alpha value is -2.21. The third kappa shape index (κ3) is 2.53. The van der Waals surface area contributed by atoms with Gasteiger partial charge >= 0.3 is 0 Å². The number of fused-ring (bicyclic) bond motifs is 3. The SMILES string of the molecule is COc1ccc(F)cc1COc1ncnc2sc3c(c12)CCC3. The lowest BCUT2D eigenvalue weighted by Gasteiger charge is -2.10. The Morgan fingerprint density at radius 1 is 1.26 bits per heavy atom. The van der Waals surface area contributed by atoms with Gasteiger partial charge < -0.3 is 9.47 Å². The molecule has 0 N–H and O–H groups in total. The number of halogens is 1. The number of rotatable bonds is 4. The van der Waals surface area contributed by atoms with Crippen LogP contribution in [0.1, 0.15) is 22.4 Å². The Balaban J connectivity index is 1.68. The second-order valence-corrected chi connectivity index (χ2v) is 6.54. The lowest BCUT2D eigenvalue weighted by atomic mass is 10.2. The molecule has 1 aromatic carbocycles. The number of methoxy groups -OCH3 is 1. The first kappa shape index (κ1) is 14.4. The fraction of sp³-hybridized carbons (Fsp3) is 0.294. The third-order valence-electron chi connectivity index (χ3n) is 4.07. The first-order valence-electron chi connectivity index (χ1n) is 7.46. The quantitative estimate of drug-likeness (QED) is 0.727. The Morgan fingerprint density at radius 3 is 3.04 bits per heavy atom. The highest BCUT2D eigenvalue weighted by atomic mass is 32.1. The Labute approximate surface area is 136 Å². The molecule has 0 saturated carbocycles. The molecule has 0 bridgehead atoms. The van der Waals surface area contributed by atoms with Crippen LogP contribution in [0.2, 0.25) is 0 Å². The van der Waals surface area contributed by atoms with Gasteiger partial charge in [0, 0.05) is 10.4 Å². The van der Waals surface area contributed by atoms with E-state index in [1.165, 1.54) is 35.3 Å². The highest BCUT2D eigenvalue weighted by Gasteiger charge is 2.22. The highest BCUT2D eigenvalue weighted by Crippen LogP contribution is 2.40. The van der Waals surface area contributed by atoms with Crippen LogP contribution in [0.4, 0.5) is 4.39 Å². The molecule has 1 aliphatic rings. The minimum absolute atomic E-state index is 0.206. The summed E-state index contributed by atoms with van der Waals surface area (Å²) >= 11 is 1.72. The van der Waals surface area contributed by atoms with E-state index in [1.807, 2.05) is 0 Å². The molecule has 3 aromatic rings. The lowest BCUT2D eigenvalue weighted by molar-refractivity contribution is 0.288. The van der Waals surface area contributed by atoms with Crippen molar-refractivity contribution in [1.82, 2.24) is 9.97 Å². The van der Waals surface area contributed by atoms with E-state index >= 15 is 0 Å². The van der Waals surface area contributed by atoms with Crippen LogP contribution in [0.3, 0.4) is 0 Å². The molecule has 1 aliphatic carbocycles. The summed E-state index contributed by atoms with van der Waals surface area (Å²) in [4.78, 5) is 11.0. The topological polar surface area (TPSA) is 44.2 Å². The van der Waals surface area contributed by atoms with Crippen molar-refractivity contribution < 1.29 is 13.9 Å². The zero-order valence-electron chi connectivity index (χ0n) is 12.6. The maximum Gasteiger partial charge on any atom is 0.225 e. The van der Waals surface area contributed by atoms with Gasteiger partial charge in [0.2, 0.25) is 5.88 Å². The summed E-state index contributed by atoms with van der Waals surface area (Å²) in [5.41, 5.74) is 1.97. The van der Waals surface area contributed by atoms with Crippen LogP contribution in [-0.4, -0.2) is 17.1 Å². The summed E-state index contributed by atoms with van der Waals surface area (Å²) in [7, 11) is 1.56. The predicted octanol–water partition coefficient (Wildman–Crippen LogP) is 3.91. The van der Waals surface area contributed by atoms with Gasteiger partial charge in [-0.3, -0.25) is 0 Å². The summed E-state index contributed by atoms with van der Waals surface area (Å²) in [5, 5.41) is 1.01. The molecule has 0 aliphatic heterocycles. The van der Waals surface area contributed by atoms with Gasteiger partial charge in [0.05, 0.1) is 12.5 Å². The maximum atomic E-state index is 13.5. The fourth-order valence-corrected chi connectivity index (χ4v) is 4.23. The molecule has 2 heterocycles. The molecule has 0 amide bonds. The van der Waals surface area contributed by atoms with Gasteiger partial charge in [-0.2, -0.15) is 0 Å². The molecule has 4 rings (SSSR count). The Bertz CT molecular complexity index is 878. The summed E-state index contributed by atoms with van der Waals surface area (Å²) in [6.07, 6.45) is 4.84. The van der Waals surface area contributed by atoms with E-state index < -0.39 is 0 Å². The number of ether oxygens (including phenoxy) is 2. The van der Waals surface area contributed by atoms with Gasteiger partial charge in [-0.25, -0.2) is 14.4 Å². The first-order valence-corrected chi connectivity index (χ1v) is 8.28. The molecule has 6 heteroatoms. The molecule has 2 aromatic heterocycles. The number of nitrogens with zero attached hydrogens (tertiary/aromatic N) is 2. The molecule has 4 nitrogen and oxygen atoms in total. The van der Waals surface area contributed by atoms with E-state index in [0.717, 1.165) is 23.1 Å². The van der Waals surface area contributed by atoms with Crippen LogP contribution < -0.4 is 9.47 Å². The van der Waals surface area contributed by atoms with E-state index in [0.29, 0.717) is 17.2 Å². The molecule has 0 fully saturated rings. The standard InChI is InChI=1S/C17H15FN2O2S/c1-21-13-6-5-11(18)7-10(13)8-22-16-15-12-3-2-4-14(12)23-17(15)20-9-19-16/h5-7,9H,2-4,8H2,1H3. The van der Waals surface area contributed by atoms with Crippen molar-refractivity contribution in [1.29, 1.82) is 0 Å². The van der Waals surface area contributed by atoms with E-state index in [4.69, 9.17) is 9.47 Å². The Kier molecular flexibility index (Phi) is 3.61. The monoisotopic (exact) mass is 330 g/mol. The zero-order chi connectivity index (χ0) is 15.8. The van der Waals surface area contributed by atoms with Gasteiger partial charge in [-0.1, -0.05) is 0 Å². The average Bonchev–Trinajstić information content (AvgIpc) is 3.13. The van der Waals surface area contributed by atoms with Gasteiger partial charge in [0.1, 0.15) is 29.3 Å². The number of thiophene rings is 1. The molecule has 0 unspecified atom stereocenters. The molecule has 0 saturated heterocycles. The molecule has 23 heavy (non-hydrogen) atoms. The van der Waals surface area contributed by atoms with Crippen LogP contribution in [-0.2, 0) is 19.4 Å². The summed E-state index contributed by atoms with van der Waals surface area (Å²) < 4.78 is 24.6. The second kappa shape index (κ2) is 5.77. The van der Waals surface area contributed by atoms with Crippen LogP contribution >= 0.6 is 11.3 Å². The van der Waals surface area contributed by atoms with Crippen LogP contribution in [0.15, 0.2) is 24.5 Å². The van der Waals surface area contributed by atoms with Crippen LogP contribution in [0, 0.1) is 5.82 Å². The van der Waals surface area contributed by atoms with Crippen molar-refractivity contribution in [2.24, 2.45) is 0 Å². The molecule has 118 valence electrons. The van der Waals surface area contributed by atoms with Crippen molar-refractivity contribution in [3.05, 3.63) is 46.3 Å². The Morgan fingerprint density at radius 2 is 2.17 bits per heavy atom. The minimum atomic E-state index is -0.311. The number of hydrogen-bond acceptors (Lipinski definition) is 5. The van der Waals surface area contributed by atoms with Crippen molar-refractivity contribution >= 4 is 21.6 Å². The van der Waals surface area contributed by atoms with E-state index in [-0.39, 0.29) is 12.4 Å². The van der Waals surface area contributed by atoms with Crippen molar-refractivity contribution in [2.75, 3.05) is 7.11 Å². The highest BCUT2D eigenvalue weighted by molar-refractivity contribution is 7.18. The van der Waals surface area contributed by atoms with E-state index in [1.54, 1.807) is 24.5 Å². The van der Waals surface area contributed by atoms with Gasteiger partial charge in [-0.05, 0) is 43.0 Å². The predicted molar refractivity (Wildman–Crippen MR) is 86.7 cm³/mol. The fourth-order valence-electron chi connectivity index (χ4n) is 3.02. The summed E-state index contributed by atoms with van der Waals surface area (Å²) in [6.45, 7) is 0.206. The number of benzene rings is 1. The maximum absolute atomic E-state index is 13.5. The van der Waals surface area contributed by atoms with Crippen molar-refractivity contribution in [3.63, 3.8) is 0 Å². The second-order valence-electron chi connectivity index (χ2n) is 5.46. The number of aromatic nitrogens is 2. The van der Waals surface area contributed by atoms with Crippen LogP contribution in [0.25, 0.3) is 10.2 Å². The summed E-state index contributed by atoms with van der Waals surface area (Å²) in [5.74, 6) is 0.863.